The van der Waals surface area contributed by atoms with Crippen LogP contribution in [0.15, 0.2) is 29.2 Å². The molecule has 0 spiro atoms. The van der Waals surface area contributed by atoms with Gasteiger partial charge in [0.05, 0.1) is 29.0 Å². The Labute approximate surface area is 135 Å². The minimum absolute atomic E-state index is 0.134. The number of piperidine rings is 1. The van der Waals surface area contributed by atoms with Crippen molar-refractivity contribution in [2.24, 2.45) is 0 Å². The van der Waals surface area contributed by atoms with Crippen molar-refractivity contribution in [3.8, 4) is 0 Å². The molecule has 1 aliphatic heterocycles. The van der Waals surface area contributed by atoms with E-state index in [1.807, 2.05) is 12.1 Å². The van der Waals surface area contributed by atoms with Gasteiger partial charge in [-0.3, -0.25) is 0 Å². The Morgan fingerprint density at radius 3 is 2.57 bits per heavy atom. The van der Waals surface area contributed by atoms with Crippen LogP contribution in [-0.2, 0) is 14.6 Å². The maximum Gasteiger partial charge on any atom is 0.180 e. The molecule has 118 valence electrons. The van der Waals surface area contributed by atoms with E-state index < -0.39 is 9.84 Å². The summed E-state index contributed by atoms with van der Waals surface area (Å²) in [6.07, 6.45) is 2.16. The first-order chi connectivity index (χ1) is 10.1. The van der Waals surface area contributed by atoms with E-state index in [0.29, 0.717) is 4.90 Å². The molecule has 4 nitrogen and oxygen atoms in total. The van der Waals surface area contributed by atoms with E-state index in [1.165, 1.54) is 0 Å². The van der Waals surface area contributed by atoms with Crippen molar-refractivity contribution in [1.29, 1.82) is 0 Å². The Morgan fingerprint density at radius 2 is 1.95 bits per heavy atom. The summed E-state index contributed by atoms with van der Waals surface area (Å²) in [5.41, 5.74) is 0.832. The largest absolute Gasteiger partial charge is 0.377 e. The molecule has 0 aromatic heterocycles. The van der Waals surface area contributed by atoms with Gasteiger partial charge in [0.15, 0.2) is 9.84 Å². The molecule has 1 saturated heterocycles. The molecule has 1 aliphatic rings. The molecule has 2 rings (SSSR count). The molecule has 1 heterocycles. The number of anilines is 1. The van der Waals surface area contributed by atoms with Crippen molar-refractivity contribution in [3.63, 3.8) is 0 Å². The van der Waals surface area contributed by atoms with Gasteiger partial charge < -0.3 is 9.64 Å². The number of para-hydroxylation sites is 1. The van der Waals surface area contributed by atoms with E-state index in [2.05, 4.69) is 20.8 Å². The van der Waals surface area contributed by atoms with E-state index >= 15 is 0 Å². The van der Waals surface area contributed by atoms with Crippen LogP contribution in [0.5, 0.6) is 0 Å². The summed E-state index contributed by atoms with van der Waals surface area (Å²) in [6, 6.07) is 7.30. The quantitative estimate of drug-likeness (QED) is 0.717. The molecule has 1 aromatic rings. The first-order valence-electron chi connectivity index (χ1n) is 7.32. The van der Waals surface area contributed by atoms with Crippen LogP contribution in [0.1, 0.15) is 19.8 Å². The number of benzene rings is 1. The molecule has 0 N–H and O–H groups in total. The predicted octanol–water partition coefficient (Wildman–Crippen LogP) is 2.86. The number of rotatable bonds is 6. The topological polar surface area (TPSA) is 46.6 Å². The molecule has 0 atom stereocenters. The molecule has 1 aromatic carbocycles. The third-order valence-electron chi connectivity index (χ3n) is 3.79. The Kier molecular flexibility index (Phi) is 6.08. The summed E-state index contributed by atoms with van der Waals surface area (Å²) in [4.78, 5) is 2.61. The molecule has 0 bridgehead atoms. The van der Waals surface area contributed by atoms with Gasteiger partial charge in [0.2, 0.25) is 0 Å². The van der Waals surface area contributed by atoms with Crippen molar-refractivity contribution in [2.75, 3.05) is 35.7 Å². The van der Waals surface area contributed by atoms with Crippen LogP contribution in [0.25, 0.3) is 0 Å². The van der Waals surface area contributed by atoms with Crippen LogP contribution in [0, 0.1) is 0 Å². The highest BCUT2D eigenvalue weighted by Crippen LogP contribution is 2.29. The van der Waals surface area contributed by atoms with Gasteiger partial charge in [0.1, 0.15) is 0 Å². The maximum atomic E-state index is 12.2. The zero-order chi connectivity index (χ0) is 15.3. The van der Waals surface area contributed by atoms with Gasteiger partial charge >= 0.3 is 0 Å². The van der Waals surface area contributed by atoms with Crippen molar-refractivity contribution >= 4 is 31.5 Å². The van der Waals surface area contributed by atoms with Crippen molar-refractivity contribution in [2.45, 2.75) is 30.8 Å². The first-order valence-corrected chi connectivity index (χ1v) is 10.1. The fourth-order valence-corrected chi connectivity index (χ4v) is 3.91. The smallest absolute Gasteiger partial charge is 0.180 e. The predicted molar refractivity (Wildman–Crippen MR) is 89.1 cm³/mol. The van der Waals surface area contributed by atoms with Gasteiger partial charge in [0, 0.05) is 18.4 Å². The summed E-state index contributed by atoms with van der Waals surface area (Å²) in [5, 5.41) is 0.852. The molecular formula is C15H22BrNO3S. The molecule has 0 unspecified atom stereocenters. The summed E-state index contributed by atoms with van der Waals surface area (Å²) in [6.45, 7) is 4.09. The second-order valence-electron chi connectivity index (χ2n) is 5.12. The van der Waals surface area contributed by atoms with E-state index in [4.69, 9.17) is 4.74 Å². The first kappa shape index (κ1) is 16.8. The minimum Gasteiger partial charge on any atom is -0.377 e. The molecule has 0 saturated carbocycles. The highest BCUT2D eigenvalue weighted by atomic mass is 79.9. The van der Waals surface area contributed by atoms with E-state index in [-0.39, 0.29) is 11.9 Å². The average Bonchev–Trinajstić information content (AvgIpc) is 2.53. The van der Waals surface area contributed by atoms with Crippen LogP contribution >= 0.6 is 15.9 Å². The summed E-state index contributed by atoms with van der Waals surface area (Å²) >= 11 is 3.36. The lowest BCUT2D eigenvalue weighted by molar-refractivity contribution is 0.0480. The van der Waals surface area contributed by atoms with Gasteiger partial charge in [-0.05, 0) is 25.0 Å². The second-order valence-corrected chi connectivity index (χ2v) is 8.16. The zero-order valence-electron chi connectivity index (χ0n) is 12.3. The number of halogens is 1. The Balaban J connectivity index is 2.11. The standard InChI is InChI=1S/C15H22BrNO3S/c1-2-21(18,19)15-6-4-3-5-14(15)17-10-7-13(8-11-17)20-12-9-16/h3-6,13H,2,7-12H2,1H3. The lowest BCUT2D eigenvalue weighted by Crippen LogP contribution is -2.38. The summed E-state index contributed by atoms with van der Waals surface area (Å²) in [5.74, 6) is 0.134. The van der Waals surface area contributed by atoms with E-state index in [9.17, 15) is 8.42 Å². The normalized spacial score (nSPS) is 17.1. The number of hydrogen-bond donors (Lipinski definition) is 0. The Bertz CT molecular complexity index is 554. The lowest BCUT2D eigenvalue weighted by Gasteiger charge is -2.34. The monoisotopic (exact) mass is 375 g/mol. The van der Waals surface area contributed by atoms with Crippen molar-refractivity contribution < 1.29 is 13.2 Å². The number of nitrogens with zero attached hydrogens (tertiary/aromatic N) is 1. The molecule has 0 radical (unpaired) electrons. The van der Waals surface area contributed by atoms with Gasteiger partial charge in [-0.15, -0.1) is 0 Å². The van der Waals surface area contributed by atoms with Crippen LogP contribution in [0.2, 0.25) is 0 Å². The summed E-state index contributed by atoms with van der Waals surface area (Å²) in [7, 11) is -3.18. The number of hydrogen-bond acceptors (Lipinski definition) is 4. The number of ether oxygens (including phenoxy) is 1. The maximum absolute atomic E-state index is 12.2. The molecule has 0 aliphatic carbocycles. The van der Waals surface area contributed by atoms with Crippen molar-refractivity contribution in [1.82, 2.24) is 0 Å². The molecule has 6 heteroatoms. The average molecular weight is 376 g/mol. The van der Waals surface area contributed by atoms with Gasteiger partial charge in [-0.25, -0.2) is 8.42 Å². The molecular weight excluding hydrogens is 354 g/mol. The van der Waals surface area contributed by atoms with E-state index in [0.717, 1.165) is 43.6 Å². The highest BCUT2D eigenvalue weighted by Gasteiger charge is 2.24. The zero-order valence-corrected chi connectivity index (χ0v) is 14.7. The van der Waals surface area contributed by atoms with Crippen LogP contribution < -0.4 is 4.90 Å². The lowest BCUT2D eigenvalue weighted by atomic mass is 10.1. The SMILES string of the molecule is CCS(=O)(=O)c1ccccc1N1CCC(OCCBr)CC1. The van der Waals surface area contributed by atoms with Crippen LogP contribution in [-0.4, -0.2) is 45.3 Å². The third kappa shape index (κ3) is 4.20. The van der Waals surface area contributed by atoms with Gasteiger partial charge in [-0.2, -0.15) is 0 Å². The van der Waals surface area contributed by atoms with Gasteiger partial charge in [-0.1, -0.05) is 35.0 Å². The number of alkyl halides is 1. The Hall–Kier alpha value is -0.590. The fraction of sp³-hybridized carbons (Fsp3) is 0.600. The highest BCUT2D eigenvalue weighted by molar-refractivity contribution is 9.09. The van der Waals surface area contributed by atoms with Crippen LogP contribution in [0.4, 0.5) is 5.69 Å². The molecule has 1 fully saturated rings. The third-order valence-corrected chi connectivity index (χ3v) is 5.89. The Morgan fingerprint density at radius 1 is 1.29 bits per heavy atom. The second kappa shape index (κ2) is 7.61. The van der Waals surface area contributed by atoms with Crippen LogP contribution in [0.3, 0.4) is 0 Å². The van der Waals surface area contributed by atoms with Crippen molar-refractivity contribution in [3.05, 3.63) is 24.3 Å². The van der Waals surface area contributed by atoms with E-state index in [1.54, 1.807) is 19.1 Å². The molecule has 21 heavy (non-hydrogen) atoms. The van der Waals surface area contributed by atoms with Gasteiger partial charge in [0.25, 0.3) is 0 Å². The minimum atomic E-state index is -3.18. The molecule has 0 amide bonds. The number of sulfone groups is 1. The summed E-state index contributed by atoms with van der Waals surface area (Å²) < 4.78 is 30.2. The fourth-order valence-electron chi connectivity index (χ4n) is 2.61.